The molecule has 21 heavy (non-hydrogen) atoms. The lowest BCUT2D eigenvalue weighted by atomic mass is 9.86. The Morgan fingerprint density at radius 1 is 1.14 bits per heavy atom. The van der Waals surface area contributed by atoms with Gasteiger partial charge >= 0.3 is 0 Å². The highest BCUT2D eigenvalue weighted by atomic mass is 16.2. The SMILES string of the molecule is CCCCCC(C)(C)CNC(=O)C(C)(N)c1ccccc1. The van der Waals surface area contributed by atoms with Gasteiger partial charge in [-0.15, -0.1) is 0 Å². The number of carbonyl (C=O) groups is 1. The Bertz CT molecular complexity index is 438. The van der Waals surface area contributed by atoms with Crippen LogP contribution in [-0.2, 0) is 10.3 Å². The van der Waals surface area contributed by atoms with Gasteiger partial charge in [0.25, 0.3) is 0 Å². The number of nitrogens with two attached hydrogens (primary N) is 1. The molecule has 0 saturated heterocycles. The van der Waals surface area contributed by atoms with Crippen molar-refractivity contribution in [3.63, 3.8) is 0 Å². The molecular formula is C18H30N2O. The van der Waals surface area contributed by atoms with Gasteiger partial charge in [-0.25, -0.2) is 0 Å². The molecule has 0 bridgehead atoms. The van der Waals surface area contributed by atoms with E-state index in [0.29, 0.717) is 6.54 Å². The predicted octanol–water partition coefficient (Wildman–Crippen LogP) is 3.58. The first kappa shape index (κ1) is 17.7. The molecule has 1 unspecified atom stereocenters. The third kappa shape index (κ3) is 5.50. The second kappa shape index (κ2) is 7.60. The number of rotatable bonds is 8. The zero-order chi connectivity index (χ0) is 15.9. The molecule has 1 amide bonds. The van der Waals surface area contributed by atoms with Crippen LogP contribution in [0, 0.1) is 5.41 Å². The third-order valence-electron chi connectivity index (χ3n) is 4.03. The molecule has 118 valence electrons. The van der Waals surface area contributed by atoms with Crippen molar-refractivity contribution in [1.29, 1.82) is 0 Å². The molecule has 0 spiro atoms. The van der Waals surface area contributed by atoms with Crippen molar-refractivity contribution in [2.75, 3.05) is 6.54 Å². The highest BCUT2D eigenvalue weighted by molar-refractivity contribution is 5.87. The maximum atomic E-state index is 12.4. The van der Waals surface area contributed by atoms with Crippen LogP contribution < -0.4 is 11.1 Å². The van der Waals surface area contributed by atoms with E-state index in [4.69, 9.17) is 5.73 Å². The molecule has 0 aromatic heterocycles. The fraction of sp³-hybridized carbons (Fsp3) is 0.611. The summed E-state index contributed by atoms with van der Waals surface area (Å²) in [7, 11) is 0. The molecule has 0 saturated carbocycles. The van der Waals surface area contributed by atoms with Crippen LogP contribution >= 0.6 is 0 Å². The summed E-state index contributed by atoms with van der Waals surface area (Å²) in [6.07, 6.45) is 4.79. The Kier molecular flexibility index (Phi) is 6.41. The van der Waals surface area contributed by atoms with E-state index in [-0.39, 0.29) is 11.3 Å². The fourth-order valence-corrected chi connectivity index (χ4v) is 2.36. The van der Waals surface area contributed by atoms with E-state index in [1.54, 1.807) is 6.92 Å². The fourth-order valence-electron chi connectivity index (χ4n) is 2.36. The molecule has 0 fully saturated rings. The molecule has 3 N–H and O–H groups in total. The lowest BCUT2D eigenvalue weighted by molar-refractivity contribution is -0.126. The second-order valence-corrected chi connectivity index (χ2v) is 6.87. The van der Waals surface area contributed by atoms with Gasteiger partial charge in [-0.05, 0) is 24.3 Å². The number of unbranched alkanes of at least 4 members (excludes halogenated alkanes) is 2. The topological polar surface area (TPSA) is 55.1 Å². The molecule has 1 atom stereocenters. The molecule has 0 heterocycles. The van der Waals surface area contributed by atoms with Crippen LogP contribution in [0.5, 0.6) is 0 Å². The van der Waals surface area contributed by atoms with Gasteiger partial charge in [-0.2, -0.15) is 0 Å². The highest BCUT2D eigenvalue weighted by Crippen LogP contribution is 2.24. The summed E-state index contributed by atoms with van der Waals surface area (Å²) in [5.74, 6) is -0.114. The Morgan fingerprint density at radius 2 is 1.76 bits per heavy atom. The van der Waals surface area contributed by atoms with Gasteiger partial charge in [0.2, 0.25) is 5.91 Å². The highest BCUT2D eigenvalue weighted by Gasteiger charge is 2.31. The smallest absolute Gasteiger partial charge is 0.244 e. The summed E-state index contributed by atoms with van der Waals surface area (Å²) in [5.41, 5.74) is 6.18. The van der Waals surface area contributed by atoms with Crippen molar-refractivity contribution >= 4 is 5.91 Å². The Labute approximate surface area is 129 Å². The first-order valence-corrected chi connectivity index (χ1v) is 7.92. The monoisotopic (exact) mass is 290 g/mol. The van der Waals surface area contributed by atoms with E-state index >= 15 is 0 Å². The van der Waals surface area contributed by atoms with E-state index in [9.17, 15) is 4.79 Å². The maximum absolute atomic E-state index is 12.4. The first-order chi connectivity index (χ1) is 9.79. The largest absolute Gasteiger partial charge is 0.354 e. The van der Waals surface area contributed by atoms with Crippen LogP contribution in [0.1, 0.15) is 58.9 Å². The van der Waals surface area contributed by atoms with Gasteiger partial charge in [-0.1, -0.05) is 70.4 Å². The lowest BCUT2D eigenvalue weighted by Gasteiger charge is -2.29. The van der Waals surface area contributed by atoms with E-state index in [0.717, 1.165) is 12.0 Å². The summed E-state index contributed by atoms with van der Waals surface area (Å²) in [5, 5.41) is 3.02. The van der Waals surface area contributed by atoms with Crippen LogP contribution in [-0.4, -0.2) is 12.5 Å². The summed E-state index contributed by atoms with van der Waals surface area (Å²) in [6.45, 7) is 9.02. The quantitative estimate of drug-likeness (QED) is 0.719. The molecule has 3 heteroatoms. The second-order valence-electron chi connectivity index (χ2n) is 6.87. The maximum Gasteiger partial charge on any atom is 0.244 e. The van der Waals surface area contributed by atoms with Crippen molar-refractivity contribution < 1.29 is 4.79 Å². The van der Waals surface area contributed by atoms with E-state index in [1.165, 1.54) is 19.3 Å². The summed E-state index contributed by atoms with van der Waals surface area (Å²) >= 11 is 0. The van der Waals surface area contributed by atoms with Gasteiger partial charge < -0.3 is 11.1 Å². The van der Waals surface area contributed by atoms with Gasteiger partial charge in [0.15, 0.2) is 0 Å². The molecule has 1 rings (SSSR count). The molecule has 1 aromatic carbocycles. The zero-order valence-corrected chi connectivity index (χ0v) is 13.9. The summed E-state index contributed by atoms with van der Waals surface area (Å²) in [6, 6.07) is 9.52. The number of nitrogens with one attached hydrogen (secondary N) is 1. The predicted molar refractivity (Wildman–Crippen MR) is 88.9 cm³/mol. The van der Waals surface area contributed by atoms with Gasteiger partial charge in [0.1, 0.15) is 5.54 Å². The summed E-state index contributed by atoms with van der Waals surface area (Å²) in [4.78, 5) is 12.4. The van der Waals surface area contributed by atoms with E-state index in [2.05, 4.69) is 26.1 Å². The Hall–Kier alpha value is -1.35. The van der Waals surface area contributed by atoms with Crippen LogP contribution in [0.2, 0.25) is 0 Å². The van der Waals surface area contributed by atoms with Gasteiger partial charge in [-0.3, -0.25) is 4.79 Å². The van der Waals surface area contributed by atoms with Crippen molar-refractivity contribution in [2.24, 2.45) is 11.1 Å². The van der Waals surface area contributed by atoms with Gasteiger partial charge in [0.05, 0.1) is 0 Å². The Morgan fingerprint density at radius 3 is 2.33 bits per heavy atom. The number of amides is 1. The van der Waals surface area contributed by atoms with Crippen LogP contribution in [0.4, 0.5) is 0 Å². The number of carbonyl (C=O) groups excluding carboxylic acids is 1. The van der Waals surface area contributed by atoms with Crippen molar-refractivity contribution in [1.82, 2.24) is 5.32 Å². The molecule has 3 nitrogen and oxygen atoms in total. The molecule has 0 aliphatic carbocycles. The normalized spacial score (nSPS) is 14.5. The minimum Gasteiger partial charge on any atom is -0.354 e. The number of hydrogen-bond donors (Lipinski definition) is 2. The van der Waals surface area contributed by atoms with Crippen molar-refractivity contribution in [3.05, 3.63) is 35.9 Å². The van der Waals surface area contributed by atoms with Crippen molar-refractivity contribution in [3.8, 4) is 0 Å². The van der Waals surface area contributed by atoms with Gasteiger partial charge in [0, 0.05) is 6.54 Å². The van der Waals surface area contributed by atoms with Crippen LogP contribution in [0.3, 0.4) is 0 Å². The Balaban J connectivity index is 2.56. The molecule has 0 radical (unpaired) electrons. The molecule has 0 aliphatic rings. The molecule has 0 aliphatic heterocycles. The van der Waals surface area contributed by atoms with E-state index < -0.39 is 5.54 Å². The average Bonchev–Trinajstić information content (AvgIpc) is 2.46. The first-order valence-electron chi connectivity index (χ1n) is 7.92. The number of benzene rings is 1. The molecule has 1 aromatic rings. The van der Waals surface area contributed by atoms with Crippen LogP contribution in [0.25, 0.3) is 0 Å². The lowest BCUT2D eigenvalue weighted by Crippen LogP contribution is -2.50. The van der Waals surface area contributed by atoms with Crippen LogP contribution in [0.15, 0.2) is 30.3 Å². The minimum atomic E-state index is -0.985. The zero-order valence-electron chi connectivity index (χ0n) is 13.9. The molecular weight excluding hydrogens is 260 g/mol. The standard InChI is InChI=1S/C18H30N2O/c1-5-6-10-13-17(2,3)14-20-16(21)18(4,19)15-11-8-7-9-12-15/h7-9,11-12H,5-6,10,13-14,19H2,1-4H3,(H,20,21). The third-order valence-corrected chi connectivity index (χ3v) is 4.03. The van der Waals surface area contributed by atoms with E-state index in [1.807, 2.05) is 30.3 Å². The average molecular weight is 290 g/mol. The minimum absolute atomic E-state index is 0.109. The number of hydrogen-bond acceptors (Lipinski definition) is 2. The van der Waals surface area contributed by atoms with Crippen molar-refractivity contribution in [2.45, 2.75) is 58.9 Å². The summed E-state index contributed by atoms with van der Waals surface area (Å²) < 4.78 is 0.